The van der Waals surface area contributed by atoms with Crippen molar-refractivity contribution in [2.45, 2.75) is 51.2 Å². The van der Waals surface area contributed by atoms with Gasteiger partial charge in [-0.05, 0) is 43.7 Å². The lowest BCUT2D eigenvalue weighted by atomic mass is 10.0. The second-order valence-corrected chi connectivity index (χ2v) is 9.34. The smallest absolute Gasteiger partial charge is 0.329 e. The van der Waals surface area contributed by atoms with Crippen molar-refractivity contribution in [1.82, 2.24) is 19.1 Å². The number of nitrogens with one attached hydrogen (secondary N) is 1. The molecule has 1 aliphatic carbocycles. The van der Waals surface area contributed by atoms with Crippen molar-refractivity contribution in [2.75, 3.05) is 11.5 Å². The number of anilines is 1. The maximum Gasteiger partial charge on any atom is 0.329 e. The molecule has 2 aromatic heterocycles. The number of thioether (sulfide) groups is 1. The first kappa shape index (κ1) is 22.1. The van der Waals surface area contributed by atoms with Gasteiger partial charge < -0.3 is 5.73 Å². The lowest BCUT2D eigenvalue weighted by molar-refractivity contribution is 0.102. The average molecular weight is 454 g/mol. The van der Waals surface area contributed by atoms with Crippen LogP contribution in [0.25, 0.3) is 5.69 Å². The summed E-state index contributed by atoms with van der Waals surface area (Å²) in [6.45, 7) is 4.18. The summed E-state index contributed by atoms with van der Waals surface area (Å²) < 4.78 is 3.37. The van der Waals surface area contributed by atoms with Crippen LogP contribution in [-0.2, 0) is 19.4 Å². The molecule has 0 aliphatic heterocycles. The van der Waals surface area contributed by atoms with Crippen LogP contribution < -0.4 is 17.0 Å². The molecule has 0 saturated heterocycles. The summed E-state index contributed by atoms with van der Waals surface area (Å²) in [5, 5.41) is 0.724. The molecule has 4 rings (SSSR count). The summed E-state index contributed by atoms with van der Waals surface area (Å²) in [6, 6.07) is 9.95. The number of nitrogen functional groups attached to an aromatic ring is 1. The number of imidazole rings is 1. The molecule has 3 aromatic rings. The molecule has 0 fully saturated rings. The second kappa shape index (κ2) is 9.20. The predicted molar refractivity (Wildman–Crippen MR) is 126 cm³/mol. The molecule has 0 amide bonds. The van der Waals surface area contributed by atoms with Crippen molar-refractivity contribution in [1.29, 1.82) is 0 Å². The molecule has 2 heterocycles. The summed E-state index contributed by atoms with van der Waals surface area (Å²) >= 11 is 1.29. The van der Waals surface area contributed by atoms with E-state index in [1.807, 2.05) is 44.2 Å². The fourth-order valence-electron chi connectivity index (χ4n) is 4.06. The van der Waals surface area contributed by atoms with Gasteiger partial charge in [-0.2, -0.15) is 0 Å². The molecule has 9 heteroatoms. The van der Waals surface area contributed by atoms with E-state index in [0.717, 1.165) is 42.2 Å². The molecular weight excluding hydrogens is 426 g/mol. The highest BCUT2D eigenvalue weighted by atomic mass is 32.2. The first-order valence-corrected chi connectivity index (χ1v) is 11.8. The van der Waals surface area contributed by atoms with Gasteiger partial charge in [-0.25, -0.2) is 9.78 Å². The fraction of sp³-hybridized carbons (Fsp3) is 0.391. The largest absolute Gasteiger partial charge is 0.384 e. The monoisotopic (exact) mass is 453 g/mol. The number of nitrogens with zero attached hydrogens (tertiary/aromatic N) is 3. The van der Waals surface area contributed by atoms with E-state index in [9.17, 15) is 14.4 Å². The molecular formula is C23H27N5O3S. The van der Waals surface area contributed by atoms with Gasteiger partial charge in [-0.15, -0.1) is 0 Å². The number of aromatic amines is 1. The number of aryl methyl sites for hydroxylation is 1. The van der Waals surface area contributed by atoms with Gasteiger partial charge in [0.15, 0.2) is 10.9 Å². The van der Waals surface area contributed by atoms with Crippen LogP contribution in [0.1, 0.15) is 48.4 Å². The highest BCUT2D eigenvalue weighted by Gasteiger charge is 2.24. The van der Waals surface area contributed by atoms with E-state index in [0.29, 0.717) is 6.54 Å². The maximum absolute atomic E-state index is 13.0. The number of fused-ring (bicyclic) bond motifs is 1. The summed E-state index contributed by atoms with van der Waals surface area (Å²) in [4.78, 5) is 44.6. The third-order valence-electron chi connectivity index (χ3n) is 5.52. The first-order valence-electron chi connectivity index (χ1n) is 10.8. The van der Waals surface area contributed by atoms with Crippen molar-refractivity contribution >= 4 is 23.4 Å². The van der Waals surface area contributed by atoms with Crippen molar-refractivity contribution in [3.63, 3.8) is 0 Å². The third-order valence-corrected chi connectivity index (χ3v) is 6.45. The Hall–Kier alpha value is -3.07. The number of nitrogens with two attached hydrogens (primary N) is 1. The van der Waals surface area contributed by atoms with Gasteiger partial charge in [0.1, 0.15) is 11.4 Å². The van der Waals surface area contributed by atoms with Gasteiger partial charge >= 0.3 is 5.69 Å². The van der Waals surface area contributed by atoms with E-state index >= 15 is 0 Å². The number of rotatable bonds is 7. The number of hydrogen-bond donors (Lipinski definition) is 2. The maximum atomic E-state index is 13.0. The van der Waals surface area contributed by atoms with Crippen LogP contribution in [0.4, 0.5) is 5.82 Å². The van der Waals surface area contributed by atoms with Crippen LogP contribution in [0.5, 0.6) is 0 Å². The summed E-state index contributed by atoms with van der Waals surface area (Å²) in [7, 11) is 0. The van der Waals surface area contributed by atoms with E-state index < -0.39 is 17.0 Å². The number of aromatic nitrogens is 4. The molecule has 168 valence electrons. The normalized spacial score (nSPS) is 13.3. The Morgan fingerprint density at radius 2 is 1.91 bits per heavy atom. The van der Waals surface area contributed by atoms with Gasteiger partial charge in [-0.3, -0.25) is 23.7 Å². The number of para-hydroxylation sites is 1. The standard InChI is InChI=1S/C23H27N5O3S/c1-14(2)12-27-20(24)19(21(30)26-22(27)31)18(29)13-32-23-25-16-10-6-7-11-17(16)28(23)15-8-4-3-5-9-15/h3-5,8-9,14H,6-7,10-13,24H2,1-2H3,(H,26,30,31). The van der Waals surface area contributed by atoms with Gasteiger partial charge in [-0.1, -0.05) is 43.8 Å². The minimum Gasteiger partial charge on any atom is -0.384 e. The van der Waals surface area contributed by atoms with Crippen molar-refractivity contribution in [2.24, 2.45) is 5.92 Å². The number of carbonyl (C=O) groups is 1. The van der Waals surface area contributed by atoms with Crippen LogP contribution in [0.15, 0.2) is 45.1 Å². The highest BCUT2D eigenvalue weighted by Crippen LogP contribution is 2.31. The van der Waals surface area contributed by atoms with Gasteiger partial charge in [0.05, 0.1) is 11.4 Å². The van der Waals surface area contributed by atoms with Crippen LogP contribution in [0, 0.1) is 5.92 Å². The van der Waals surface area contributed by atoms with Crippen LogP contribution in [0.2, 0.25) is 0 Å². The average Bonchev–Trinajstić information content (AvgIpc) is 3.14. The molecule has 1 aliphatic rings. The molecule has 0 radical (unpaired) electrons. The Balaban J connectivity index is 1.65. The minimum absolute atomic E-state index is 0.00408. The van der Waals surface area contributed by atoms with E-state index in [1.165, 1.54) is 22.0 Å². The molecule has 32 heavy (non-hydrogen) atoms. The summed E-state index contributed by atoms with van der Waals surface area (Å²) in [5.41, 5.74) is 7.83. The second-order valence-electron chi connectivity index (χ2n) is 8.40. The predicted octanol–water partition coefficient (Wildman–Crippen LogP) is 2.81. The number of benzene rings is 1. The van der Waals surface area contributed by atoms with Crippen molar-refractivity contribution in [3.05, 3.63) is 68.1 Å². The number of hydrogen-bond acceptors (Lipinski definition) is 6. The Bertz CT molecular complexity index is 1260. The summed E-state index contributed by atoms with van der Waals surface area (Å²) in [6.07, 6.45) is 4.07. The zero-order valence-corrected chi connectivity index (χ0v) is 19.1. The van der Waals surface area contributed by atoms with E-state index in [-0.39, 0.29) is 23.1 Å². The fourth-order valence-corrected chi connectivity index (χ4v) is 4.99. The molecule has 0 atom stereocenters. The molecule has 0 unspecified atom stereocenters. The first-order chi connectivity index (χ1) is 15.4. The number of ketones is 1. The number of Topliss-reactive ketones (excluding diaryl/α,β-unsaturated/α-hetero) is 1. The zero-order chi connectivity index (χ0) is 22.8. The SMILES string of the molecule is CC(C)Cn1c(N)c(C(=O)CSc2nc3c(n2-c2ccccc2)CCCC3)c(=O)[nH]c1=O. The number of H-pyrrole nitrogens is 1. The number of carbonyl (C=O) groups excluding carboxylic acids is 1. The van der Waals surface area contributed by atoms with Gasteiger partial charge in [0, 0.05) is 17.9 Å². The Morgan fingerprint density at radius 3 is 2.62 bits per heavy atom. The highest BCUT2D eigenvalue weighted by molar-refractivity contribution is 7.99. The van der Waals surface area contributed by atoms with Gasteiger partial charge in [0.25, 0.3) is 5.56 Å². The Morgan fingerprint density at radius 1 is 1.19 bits per heavy atom. The van der Waals surface area contributed by atoms with Crippen LogP contribution in [0.3, 0.4) is 0 Å². The molecule has 3 N–H and O–H groups in total. The Labute approximate surface area is 189 Å². The van der Waals surface area contributed by atoms with E-state index in [4.69, 9.17) is 10.7 Å². The Kier molecular flexibility index (Phi) is 6.36. The van der Waals surface area contributed by atoms with Crippen molar-refractivity contribution < 1.29 is 4.79 Å². The molecule has 0 spiro atoms. The third kappa shape index (κ3) is 4.29. The van der Waals surface area contributed by atoms with E-state index in [1.54, 1.807) is 0 Å². The molecule has 8 nitrogen and oxygen atoms in total. The van der Waals surface area contributed by atoms with E-state index in [2.05, 4.69) is 9.55 Å². The van der Waals surface area contributed by atoms with Crippen molar-refractivity contribution in [3.8, 4) is 5.69 Å². The lowest BCUT2D eigenvalue weighted by Gasteiger charge is -2.15. The quantitative estimate of drug-likeness (QED) is 0.420. The molecule has 0 bridgehead atoms. The minimum atomic E-state index is -0.746. The van der Waals surface area contributed by atoms with Crippen LogP contribution in [-0.4, -0.2) is 30.6 Å². The summed E-state index contributed by atoms with van der Waals surface area (Å²) in [5.74, 6) is -0.380. The zero-order valence-electron chi connectivity index (χ0n) is 18.3. The molecule has 0 saturated carbocycles. The van der Waals surface area contributed by atoms with Crippen LogP contribution >= 0.6 is 11.8 Å². The van der Waals surface area contributed by atoms with Gasteiger partial charge in [0.2, 0.25) is 0 Å². The topological polar surface area (TPSA) is 116 Å². The molecule has 1 aromatic carbocycles. The lowest BCUT2D eigenvalue weighted by Crippen LogP contribution is -2.37.